The summed E-state index contributed by atoms with van der Waals surface area (Å²) in [5, 5.41) is 14.3. The minimum absolute atomic E-state index is 0.127. The van der Waals surface area contributed by atoms with Crippen molar-refractivity contribution in [2.45, 2.75) is 18.6 Å². The summed E-state index contributed by atoms with van der Waals surface area (Å²) in [4.78, 5) is 25.5. The second-order valence-electron chi connectivity index (χ2n) is 6.40. The SMILES string of the molecule is COc1ccc(C2NC(=O)c3cccc4c3N2CCC4N)cc1[N+](=O)[O-]. The third-order valence-electron chi connectivity index (χ3n) is 4.97. The molecule has 0 saturated carbocycles. The number of hydrogen-bond donors (Lipinski definition) is 2. The van der Waals surface area contributed by atoms with Gasteiger partial charge < -0.3 is 20.7 Å². The van der Waals surface area contributed by atoms with Crippen molar-refractivity contribution in [2.24, 2.45) is 5.73 Å². The molecule has 0 aliphatic carbocycles. The topological polar surface area (TPSA) is 111 Å². The van der Waals surface area contributed by atoms with Gasteiger partial charge in [-0.2, -0.15) is 0 Å². The number of hydrogen-bond acceptors (Lipinski definition) is 6. The predicted molar refractivity (Wildman–Crippen MR) is 95.2 cm³/mol. The molecule has 0 spiro atoms. The number of rotatable bonds is 3. The summed E-state index contributed by atoms with van der Waals surface area (Å²) >= 11 is 0. The summed E-state index contributed by atoms with van der Waals surface area (Å²) in [5.41, 5.74) is 9.04. The number of benzene rings is 2. The average molecular weight is 354 g/mol. The molecule has 0 bridgehead atoms. The van der Waals surface area contributed by atoms with Crippen LogP contribution >= 0.6 is 0 Å². The van der Waals surface area contributed by atoms with E-state index in [1.54, 1.807) is 18.2 Å². The zero-order valence-corrected chi connectivity index (χ0v) is 14.1. The van der Waals surface area contributed by atoms with E-state index in [4.69, 9.17) is 10.5 Å². The lowest BCUT2D eigenvalue weighted by Gasteiger charge is -2.44. The summed E-state index contributed by atoms with van der Waals surface area (Å²) in [6.07, 6.45) is 0.245. The van der Waals surface area contributed by atoms with Gasteiger partial charge in [-0.3, -0.25) is 14.9 Å². The normalized spacial score (nSPS) is 21.0. The van der Waals surface area contributed by atoms with E-state index in [9.17, 15) is 14.9 Å². The number of nitrogens with zero attached hydrogens (tertiary/aromatic N) is 2. The standard InChI is InChI=1S/C18H18N4O4/c1-26-15-6-5-10(9-14(15)22(24)25)17-20-18(23)12-4-2-3-11-13(19)7-8-21(17)16(11)12/h2-6,9,13,17H,7-8,19H2,1H3,(H,20,23). The summed E-state index contributed by atoms with van der Waals surface area (Å²) < 4.78 is 5.06. The van der Waals surface area contributed by atoms with Gasteiger partial charge in [-0.1, -0.05) is 18.2 Å². The average Bonchev–Trinajstić information content (AvgIpc) is 2.65. The van der Waals surface area contributed by atoms with Crippen LogP contribution in [0.25, 0.3) is 0 Å². The first-order valence-electron chi connectivity index (χ1n) is 8.29. The fraction of sp³-hybridized carbons (Fsp3) is 0.278. The van der Waals surface area contributed by atoms with Crippen molar-refractivity contribution in [2.75, 3.05) is 18.6 Å². The van der Waals surface area contributed by atoms with E-state index < -0.39 is 11.1 Å². The largest absolute Gasteiger partial charge is 0.490 e. The molecule has 2 heterocycles. The van der Waals surface area contributed by atoms with Gasteiger partial charge in [0.05, 0.1) is 23.3 Å². The van der Waals surface area contributed by atoms with Crippen LogP contribution in [0.5, 0.6) is 5.75 Å². The van der Waals surface area contributed by atoms with Crippen LogP contribution in [0.2, 0.25) is 0 Å². The summed E-state index contributed by atoms with van der Waals surface area (Å²) in [5.74, 6) is -0.0293. The van der Waals surface area contributed by atoms with Crippen molar-refractivity contribution < 1.29 is 14.5 Å². The van der Waals surface area contributed by atoms with Crippen LogP contribution in [0, 0.1) is 10.1 Å². The number of ether oxygens (including phenoxy) is 1. The van der Waals surface area contributed by atoms with Gasteiger partial charge in [-0.05, 0) is 24.1 Å². The Hall–Kier alpha value is -3.13. The highest BCUT2D eigenvalue weighted by atomic mass is 16.6. The molecule has 2 aromatic rings. The molecule has 2 unspecified atom stereocenters. The molecular formula is C18H18N4O4. The lowest BCUT2D eigenvalue weighted by atomic mass is 9.90. The maximum absolute atomic E-state index is 12.6. The molecule has 3 N–H and O–H groups in total. The van der Waals surface area contributed by atoms with Crippen LogP contribution in [-0.4, -0.2) is 24.5 Å². The van der Waals surface area contributed by atoms with Crippen LogP contribution in [-0.2, 0) is 0 Å². The highest BCUT2D eigenvalue weighted by Crippen LogP contribution is 2.43. The lowest BCUT2D eigenvalue weighted by molar-refractivity contribution is -0.385. The number of carbonyl (C=O) groups excluding carboxylic acids is 1. The highest BCUT2D eigenvalue weighted by Gasteiger charge is 2.37. The number of nitrogens with two attached hydrogens (primary N) is 1. The Bertz CT molecular complexity index is 914. The molecule has 2 aromatic carbocycles. The third-order valence-corrected chi connectivity index (χ3v) is 4.97. The highest BCUT2D eigenvalue weighted by molar-refractivity contribution is 6.03. The minimum Gasteiger partial charge on any atom is -0.490 e. The summed E-state index contributed by atoms with van der Waals surface area (Å²) in [6, 6.07) is 10.1. The number of para-hydroxylation sites is 1. The molecule has 8 nitrogen and oxygen atoms in total. The van der Waals surface area contributed by atoms with Crippen molar-refractivity contribution >= 4 is 17.3 Å². The van der Waals surface area contributed by atoms with Crippen LogP contribution < -0.4 is 20.7 Å². The fourth-order valence-electron chi connectivity index (χ4n) is 3.73. The number of methoxy groups -OCH3 is 1. The zero-order valence-electron chi connectivity index (χ0n) is 14.1. The Morgan fingerprint density at radius 3 is 2.88 bits per heavy atom. The molecule has 0 radical (unpaired) electrons. The van der Waals surface area contributed by atoms with Gasteiger partial charge in [0, 0.05) is 24.2 Å². The van der Waals surface area contributed by atoms with E-state index in [2.05, 4.69) is 10.2 Å². The Morgan fingerprint density at radius 1 is 1.35 bits per heavy atom. The molecule has 26 heavy (non-hydrogen) atoms. The van der Waals surface area contributed by atoms with Crippen molar-refractivity contribution in [1.82, 2.24) is 5.32 Å². The van der Waals surface area contributed by atoms with Crippen molar-refractivity contribution in [1.29, 1.82) is 0 Å². The molecular weight excluding hydrogens is 336 g/mol. The molecule has 1 amide bonds. The second kappa shape index (κ2) is 5.99. The number of nitro benzene ring substituents is 1. The number of anilines is 1. The van der Waals surface area contributed by atoms with Crippen LogP contribution in [0.1, 0.15) is 40.1 Å². The summed E-state index contributed by atoms with van der Waals surface area (Å²) in [7, 11) is 1.39. The van der Waals surface area contributed by atoms with E-state index >= 15 is 0 Å². The van der Waals surface area contributed by atoms with Gasteiger partial charge in [-0.25, -0.2) is 0 Å². The predicted octanol–water partition coefficient (Wildman–Crippen LogP) is 2.26. The zero-order chi connectivity index (χ0) is 18.4. The maximum Gasteiger partial charge on any atom is 0.311 e. The lowest BCUT2D eigenvalue weighted by Crippen LogP contribution is -2.49. The fourth-order valence-corrected chi connectivity index (χ4v) is 3.73. The third kappa shape index (κ3) is 2.38. The van der Waals surface area contributed by atoms with Gasteiger partial charge >= 0.3 is 5.69 Å². The smallest absolute Gasteiger partial charge is 0.311 e. The molecule has 2 aliphatic rings. The van der Waals surface area contributed by atoms with Crippen molar-refractivity contribution in [3.63, 3.8) is 0 Å². The van der Waals surface area contributed by atoms with Gasteiger partial charge in [0.25, 0.3) is 5.91 Å². The van der Waals surface area contributed by atoms with E-state index in [1.165, 1.54) is 13.2 Å². The number of carbonyl (C=O) groups is 1. The molecule has 2 aliphatic heterocycles. The van der Waals surface area contributed by atoms with Crippen LogP contribution in [0.3, 0.4) is 0 Å². The van der Waals surface area contributed by atoms with Crippen molar-refractivity contribution in [3.05, 3.63) is 63.2 Å². The molecule has 4 rings (SSSR count). The number of nitro groups is 1. The first-order valence-corrected chi connectivity index (χ1v) is 8.29. The van der Waals surface area contributed by atoms with E-state index in [1.807, 2.05) is 12.1 Å². The van der Waals surface area contributed by atoms with Crippen LogP contribution in [0.4, 0.5) is 11.4 Å². The molecule has 0 saturated heterocycles. The van der Waals surface area contributed by atoms with E-state index in [-0.39, 0.29) is 23.4 Å². The van der Waals surface area contributed by atoms with E-state index in [0.29, 0.717) is 17.7 Å². The van der Waals surface area contributed by atoms with Crippen molar-refractivity contribution in [3.8, 4) is 5.75 Å². The molecule has 0 fully saturated rings. The van der Waals surface area contributed by atoms with Gasteiger partial charge in [0.1, 0.15) is 6.17 Å². The number of nitrogens with one attached hydrogen (secondary N) is 1. The molecule has 0 aromatic heterocycles. The van der Waals surface area contributed by atoms with Gasteiger partial charge in [0.15, 0.2) is 5.75 Å². The Kier molecular flexibility index (Phi) is 3.77. The maximum atomic E-state index is 12.6. The minimum atomic E-state index is -0.492. The Morgan fingerprint density at radius 2 is 2.15 bits per heavy atom. The first kappa shape index (κ1) is 16.3. The second-order valence-corrected chi connectivity index (χ2v) is 6.40. The molecule has 134 valence electrons. The summed E-state index contributed by atoms with van der Waals surface area (Å²) in [6.45, 7) is 0.649. The number of amides is 1. The van der Waals surface area contributed by atoms with Gasteiger partial charge in [0.2, 0.25) is 0 Å². The monoisotopic (exact) mass is 354 g/mol. The van der Waals surface area contributed by atoms with Crippen LogP contribution in [0.15, 0.2) is 36.4 Å². The first-order chi connectivity index (χ1) is 12.5. The Labute approximate surface area is 149 Å². The quantitative estimate of drug-likeness (QED) is 0.646. The molecule has 8 heteroatoms. The van der Waals surface area contributed by atoms with Gasteiger partial charge in [-0.15, -0.1) is 0 Å². The molecule has 2 atom stereocenters. The Balaban J connectivity index is 1.83. The van der Waals surface area contributed by atoms with E-state index in [0.717, 1.165) is 17.7 Å².